The van der Waals surface area contributed by atoms with Crippen molar-refractivity contribution >= 4 is 16.2 Å². The van der Waals surface area contributed by atoms with E-state index in [-0.39, 0.29) is 4.90 Å². The van der Waals surface area contributed by atoms with Gasteiger partial charge in [0.1, 0.15) is 11.5 Å². The monoisotopic (exact) mass is 362 g/mol. The van der Waals surface area contributed by atoms with Gasteiger partial charge in [-0.3, -0.25) is 0 Å². The minimum atomic E-state index is -3.71. The van der Waals surface area contributed by atoms with E-state index in [1.54, 1.807) is 24.3 Å². The summed E-state index contributed by atoms with van der Waals surface area (Å²) < 4.78 is 35.1. The summed E-state index contributed by atoms with van der Waals surface area (Å²) in [4.78, 5) is 2.32. The van der Waals surface area contributed by atoms with Crippen LogP contribution in [0.1, 0.15) is 25.8 Å². The lowest BCUT2D eigenvalue weighted by Gasteiger charge is -2.06. The second kappa shape index (κ2) is 9.08. The quantitative estimate of drug-likeness (QED) is 0.549. The first-order chi connectivity index (χ1) is 12.0. The van der Waals surface area contributed by atoms with Gasteiger partial charge in [-0.15, -0.1) is 0 Å². The molecule has 1 N–H and O–H groups in total. The summed E-state index contributed by atoms with van der Waals surface area (Å²) >= 11 is 0. The molecule has 6 nitrogen and oxygen atoms in total. The molecule has 7 heteroatoms. The second-order valence-corrected chi connectivity index (χ2v) is 6.84. The maximum absolute atomic E-state index is 12.2. The Morgan fingerprint density at radius 1 is 0.960 bits per heavy atom. The maximum Gasteiger partial charge on any atom is 0.276 e. The standard InChI is InChI=1S/C18H22N2O4S/c1-3-13-24-17-7-5-15(6-8-17)14-19-20-25(21,22)18-11-9-16(10-12-18)23-4-2/h5-12,14,20H,3-4,13H2,1-2H3/b19-14-. The van der Waals surface area contributed by atoms with Crippen molar-refractivity contribution in [2.75, 3.05) is 13.2 Å². The molecule has 0 spiro atoms. The maximum atomic E-state index is 12.2. The number of rotatable bonds is 9. The molecule has 0 amide bonds. The topological polar surface area (TPSA) is 77.0 Å². The van der Waals surface area contributed by atoms with Gasteiger partial charge in [-0.2, -0.15) is 13.5 Å². The van der Waals surface area contributed by atoms with Crippen LogP contribution in [0.2, 0.25) is 0 Å². The number of benzene rings is 2. The van der Waals surface area contributed by atoms with Crippen LogP contribution in [0.3, 0.4) is 0 Å². The summed E-state index contributed by atoms with van der Waals surface area (Å²) in [7, 11) is -3.71. The van der Waals surface area contributed by atoms with E-state index in [2.05, 4.69) is 9.93 Å². The summed E-state index contributed by atoms with van der Waals surface area (Å²) in [6.07, 6.45) is 2.38. The molecule has 0 fully saturated rings. The molecule has 0 unspecified atom stereocenters. The summed E-state index contributed by atoms with van der Waals surface area (Å²) in [6, 6.07) is 13.4. The van der Waals surface area contributed by atoms with Gasteiger partial charge < -0.3 is 9.47 Å². The predicted octanol–water partition coefficient (Wildman–Crippen LogP) is 3.19. The van der Waals surface area contributed by atoms with Gasteiger partial charge in [0.15, 0.2) is 0 Å². The van der Waals surface area contributed by atoms with Crippen LogP contribution in [-0.4, -0.2) is 27.8 Å². The van der Waals surface area contributed by atoms with E-state index in [0.717, 1.165) is 17.7 Å². The molecule has 0 bridgehead atoms. The molecule has 134 valence electrons. The van der Waals surface area contributed by atoms with Crippen molar-refractivity contribution in [1.82, 2.24) is 4.83 Å². The van der Waals surface area contributed by atoms with Crippen LogP contribution >= 0.6 is 0 Å². The zero-order chi connectivity index (χ0) is 18.1. The van der Waals surface area contributed by atoms with Crippen molar-refractivity contribution < 1.29 is 17.9 Å². The molecule has 2 aromatic carbocycles. The fourth-order valence-corrected chi connectivity index (χ4v) is 2.77. The first kappa shape index (κ1) is 18.8. The summed E-state index contributed by atoms with van der Waals surface area (Å²) in [6.45, 7) is 5.09. The molecular weight excluding hydrogens is 340 g/mol. The van der Waals surface area contributed by atoms with Crippen LogP contribution in [0.15, 0.2) is 58.5 Å². The largest absolute Gasteiger partial charge is 0.494 e. The third kappa shape index (κ3) is 5.79. The highest BCUT2D eigenvalue weighted by molar-refractivity contribution is 7.89. The molecule has 0 atom stereocenters. The molecule has 0 saturated carbocycles. The lowest BCUT2D eigenvalue weighted by atomic mass is 10.2. The third-order valence-corrected chi connectivity index (χ3v) is 4.42. The molecule has 0 aliphatic rings. The number of nitrogens with zero attached hydrogens (tertiary/aromatic N) is 1. The van der Waals surface area contributed by atoms with E-state index < -0.39 is 10.0 Å². The predicted molar refractivity (Wildman–Crippen MR) is 97.8 cm³/mol. The zero-order valence-corrected chi connectivity index (χ0v) is 15.1. The van der Waals surface area contributed by atoms with Gasteiger partial charge in [0.25, 0.3) is 10.0 Å². The highest BCUT2D eigenvalue weighted by atomic mass is 32.2. The molecule has 0 heterocycles. The Kier molecular flexibility index (Phi) is 6.82. The first-order valence-electron chi connectivity index (χ1n) is 8.05. The Morgan fingerprint density at radius 2 is 1.56 bits per heavy atom. The van der Waals surface area contributed by atoms with Crippen LogP contribution in [-0.2, 0) is 10.0 Å². The number of hydrogen-bond acceptors (Lipinski definition) is 5. The Labute approximate surface area is 148 Å². The molecule has 0 aromatic heterocycles. The molecule has 0 radical (unpaired) electrons. The van der Waals surface area contributed by atoms with Crippen molar-refractivity contribution in [3.8, 4) is 11.5 Å². The van der Waals surface area contributed by atoms with E-state index in [1.807, 2.05) is 26.0 Å². The van der Waals surface area contributed by atoms with E-state index in [9.17, 15) is 8.42 Å². The molecule has 0 aliphatic heterocycles. The second-order valence-electron chi connectivity index (χ2n) is 5.17. The number of nitrogens with one attached hydrogen (secondary N) is 1. The molecular formula is C18H22N2O4S. The van der Waals surface area contributed by atoms with Crippen molar-refractivity contribution in [3.05, 3.63) is 54.1 Å². The Balaban J connectivity index is 1.97. The fraction of sp³-hybridized carbons (Fsp3) is 0.278. The van der Waals surface area contributed by atoms with Gasteiger partial charge in [-0.05, 0) is 67.4 Å². The van der Waals surface area contributed by atoms with Crippen molar-refractivity contribution in [2.24, 2.45) is 5.10 Å². The Bertz CT molecular complexity index is 785. The molecule has 0 saturated heterocycles. The van der Waals surface area contributed by atoms with Crippen LogP contribution < -0.4 is 14.3 Å². The molecule has 0 aliphatic carbocycles. The average Bonchev–Trinajstić information content (AvgIpc) is 2.62. The van der Waals surface area contributed by atoms with E-state index in [0.29, 0.717) is 19.0 Å². The SMILES string of the molecule is CCCOc1ccc(/C=N\NS(=O)(=O)c2ccc(OCC)cc2)cc1. The van der Waals surface area contributed by atoms with Crippen molar-refractivity contribution in [3.63, 3.8) is 0 Å². The van der Waals surface area contributed by atoms with E-state index in [4.69, 9.17) is 9.47 Å². The van der Waals surface area contributed by atoms with Crippen LogP contribution in [0.4, 0.5) is 0 Å². The minimum absolute atomic E-state index is 0.122. The lowest BCUT2D eigenvalue weighted by molar-refractivity contribution is 0.317. The lowest BCUT2D eigenvalue weighted by Crippen LogP contribution is -2.18. The number of sulfonamides is 1. The minimum Gasteiger partial charge on any atom is -0.494 e. The zero-order valence-electron chi connectivity index (χ0n) is 14.3. The number of ether oxygens (including phenoxy) is 2. The normalized spacial score (nSPS) is 11.4. The molecule has 2 rings (SSSR count). The van der Waals surface area contributed by atoms with Crippen LogP contribution in [0, 0.1) is 0 Å². The van der Waals surface area contributed by atoms with Crippen LogP contribution in [0.5, 0.6) is 11.5 Å². The van der Waals surface area contributed by atoms with Crippen molar-refractivity contribution in [2.45, 2.75) is 25.2 Å². The van der Waals surface area contributed by atoms with Gasteiger partial charge in [-0.1, -0.05) is 6.92 Å². The van der Waals surface area contributed by atoms with E-state index >= 15 is 0 Å². The fourth-order valence-electron chi connectivity index (χ4n) is 1.97. The van der Waals surface area contributed by atoms with Gasteiger partial charge in [0.2, 0.25) is 0 Å². The third-order valence-electron chi connectivity index (χ3n) is 3.18. The van der Waals surface area contributed by atoms with Gasteiger partial charge in [-0.25, -0.2) is 4.83 Å². The summed E-state index contributed by atoms with van der Waals surface area (Å²) in [5, 5.41) is 3.81. The molecule has 25 heavy (non-hydrogen) atoms. The van der Waals surface area contributed by atoms with E-state index in [1.165, 1.54) is 18.3 Å². The highest BCUT2D eigenvalue weighted by Crippen LogP contribution is 2.16. The van der Waals surface area contributed by atoms with Gasteiger partial charge >= 0.3 is 0 Å². The van der Waals surface area contributed by atoms with Crippen LogP contribution in [0.25, 0.3) is 0 Å². The van der Waals surface area contributed by atoms with Gasteiger partial charge in [0, 0.05) is 0 Å². The number of hydrazone groups is 1. The van der Waals surface area contributed by atoms with Crippen molar-refractivity contribution in [1.29, 1.82) is 0 Å². The van der Waals surface area contributed by atoms with Gasteiger partial charge in [0.05, 0.1) is 24.3 Å². The molecule has 2 aromatic rings. The smallest absolute Gasteiger partial charge is 0.276 e. The first-order valence-corrected chi connectivity index (χ1v) is 9.54. The Hall–Kier alpha value is -2.54. The Morgan fingerprint density at radius 3 is 2.16 bits per heavy atom. The summed E-state index contributed by atoms with van der Waals surface area (Å²) in [5.41, 5.74) is 0.762. The average molecular weight is 362 g/mol. The number of hydrogen-bond donors (Lipinski definition) is 1. The highest BCUT2D eigenvalue weighted by Gasteiger charge is 2.12. The summed E-state index contributed by atoms with van der Waals surface area (Å²) in [5.74, 6) is 1.39.